The molecule has 1 aliphatic heterocycles. The standard InChI is InChI=1S/C22H28N2O2S2/c1-2-3-7-18-10-12-20(13-11-18)23-22(27)24(16-19-8-5-4-6-9-19)21-14-15-28(25,26)17-21/h4-6,8-13,21H,2-3,7,14-17H2,1H3,(H,23,27)/t21-/m0/s1. The van der Waals surface area contributed by atoms with Gasteiger partial charge in [-0.15, -0.1) is 0 Å². The number of sulfone groups is 1. The predicted octanol–water partition coefficient (Wildman–Crippen LogP) is 4.42. The first kappa shape index (κ1) is 20.8. The SMILES string of the molecule is CCCCc1ccc(NC(=S)N(Cc2ccccc2)[C@H]2CCS(=O)(=O)C2)cc1. The topological polar surface area (TPSA) is 49.4 Å². The third kappa shape index (κ3) is 5.79. The fourth-order valence-electron chi connectivity index (χ4n) is 3.50. The monoisotopic (exact) mass is 416 g/mol. The van der Waals surface area contributed by atoms with Crippen molar-refractivity contribution >= 4 is 32.9 Å². The molecule has 0 radical (unpaired) electrons. The van der Waals surface area contributed by atoms with E-state index in [-0.39, 0.29) is 17.5 Å². The number of nitrogens with one attached hydrogen (secondary N) is 1. The Kier molecular flexibility index (Phi) is 7.08. The third-order valence-corrected chi connectivity index (χ3v) is 7.22. The Labute approximate surface area is 173 Å². The van der Waals surface area contributed by atoms with E-state index in [4.69, 9.17) is 12.2 Å². The molecule has 1 fully saturated rings. The van der Waals surface area contributed by atoms with Crippen LogP contribution in [0.4, 0.5) is 5.69 Å². The number of aryl methyl sites for hydroxylation is 1. The van der Waals surface area contributed by atoms with Crippen LogP contribution in [-0.4, -0.2) is 36.0 Å². The number of anilines is 1. The van der Waals surface area contributed by atoms with E-state index in [1.165, 1.54) is 18.4 Å². The van der Waals surface area contributed by atoms with E-state index in [9.17, 15) is 8.42 Å². The lowest BCUT2D eigenvalue weighted by Crippen LogP contribution is -2.43. The molecule has 0 unspecified atom stereocenters. The molecule has 2 aromatic carbocycles. The molecule has 1 N–H and O–H groups in total. The minimum Gasteiger partial charge on any atom is -0.341 e. The number of thiocarbonyl (C=S) groups is 1. The highest BCUT2D eigenvalue weighted by atomic mass is 32.2. The molecule has 1 heterocycles. The van der Waals surface area contributed by atoms with E-state index in [1.54, 1.807) is 0 Å². The van der Waals surface area contributed by atoms with Crippen LogP contribution in [0.5, 0.6) is 0 Å². The molecule has 0 aromatic heterocycles. The first-order valence-corrected chi connectivity index (χ1v) is 12.1. The minimum atomic E-state index is -2.98. The second-order valence-electron chi connectivity index (χ2n) is 7.40. The van der Waals surface area contributed by atoms with Crippen molar-refractivity contribution in [1.82, 2.24) is 4.90 Å². The van der Waals surface area contributed by atoms with Gasteiger partial charge in [0.05, 0.1) is 11.5 Å². The summed E-state index contributed by atoms with van der Waals surface area (Å²) in [6.45, 7) is 2.79. The average Bonchev–Trinajstić information content (AvgIpc) is 3.05. The number of benzene rings is 2. The Morgan fingerprint density at radius 2 is 1.82 bits per heavy atom. The van der Waals surface area contributed by atoms with Gasteiger partial charge in [0.25, 0.3) is 0 Å². The van der Waals surface area contributed by atoms with Crippen molar-refractivity contribution < 1.29 is 8.42 Å². The molecule has 2 aromatic rings. The lowest BCUT2D eigenvalue weighted by Gasteiger charge is -2.31. The number of hydrogen-bond donors (Lipinski definition) is 1. The lowest BCUT2D eigenvalue weighted by atomic mass is 10.1. The minimum absolute atomic E-state index is 0.0889. The van der Waals surface area contributed by atoms with Gasteiger partial charge >= 0.3 is 0 Å². The van der Waals surface area contributed by atoms with Crippen molar-refractivity contribution in [3.63, 3.8) is 0 Å². The zero-order valence-electron chi connectivity index (χ0n) is 16.3. The molecule has 0 spiro atoms. The highest BCUT2D eigenvalue weighted by molar-refractivity contribution is 7.91. The molecule has 3 rings (SSSR count). The summed E-state index contributed by atoms with van der Waals surface area (Å²) in [5.74, 6) is 0.398. The van der Waals surface area contributed by atoms with Gasteiger partial charge in [0.2, 0.25) is 0 Å². The smallest absolute Gasteiger partial charge is 0.174 e. The first-order valence-electron chi connectivity index (χ1n) is 9.88. The third-order valence-electron chi connectivity index (χ3n) is 5.13. The van der Waals surface area contributed by atoms with Crippen molar-refractivity contribution in [2.45, 2.75) is 45.2 Å². The van der Waals surface area contributed by atoms with Crippen LogP contribution in [0.1, 0.15) is 37.3 Å². The van der Waals surface area contributed by atoms with Gasteiger partial charge < -0.3 is 10.2 Å². The highest BCUT2D eigenvalue weighted by Gasteiger charge is 2.33. The van der Waals surface area contributed by atoms with Crippen LogP contribution < -0.4 is 5.32 Å². The Balaban J connectivity index is 1.72. The normalized spacial score (nSPS) is 18.0. The summed E-state index contributed by atoms with van der Waals surface area (Å²) in [7, 11) is -2.98. The molecule has 150 valence electrons. The summed E-state index contributed by atoms with van der Waals surface area (Å²) in [4.78, 5) is 2.03. The van der Waals surface area contributed by atoms with Gasteiger partial charge in [0.15, 0.2) is 14.9 Å². The first-order chi connectivity index (χ1) is 13.5. The Bertz CT molecular complexity index is 881. The van der Waals surface area contributed by atoms with E-state index in [2.05, 4.69) is 24.4 Å². The Hall–Kier alpha value is -1.92. The molecular weight excluding hydrogens is 388 g/mol. The molecule has 1 saturated heterocycles. The molecule has 28 heavy (non-hydrogen) atoms. The summed E-state index contributed by atoms with van der Waals surface area (Å²) >= 11 is 5.69. The van der Waals surface area contributed by atoms with Gasteiger partial charge in [-0.3, -0.25) is 0 Å². The molecule has 6 heteroatoms. The molecule has 1 aliphatic rings. The predicted molar refractivity (Wildman–Crippen MR) is 120 cm³/mol. The molecular formula is C22H28N2O2S2. The summed E-state index contributed by atoms with van der Waals surface area (Å²) in [6.07, 6.45) is 4.07. The second-order valence-corrected chi connectivity index (χ2v) is 10.0. The summed E-state index contributed by atoms with van der Waals surface area (Å²) in [5, 5.41) is 3.89. The van der Waals surface area contributed by atoms with Crippen molar-refractivity contribution in [1.29, 1.82) is 0 Å². The van der Waals surface area contributed by atoms with Crippen LogP contribution >= 0.6 is 12.2 Å². The summed E-state index contributed by atoms with van der Waals surface area (Å²) < 4.78 is 24.0. The van der Waals surface area contributed by atoms with Crippen LogP contribution in [0.25, 0.3) is 0 Å². The van der Waals surface area contributed by atoms with Gasteiger partial charge in [-0.05, 0) is 54.7 Å². The van der Waals surface area contributed by atoms with E-state index in [0.717, 1.165) is 17.7 Å². The molecule has 0 amide bonds. The van der Waals surface area contributed by atoms with Crippen LogP contribution in [-0.2, 0) is 22.8 Å². The van der Waals surface area contributed by atoms with Gasteiger partial charge in [-0.2, -0.15) is 0 Å². The Morgan fingerprint density at radius 3 is 2.43 bits per heavy atom. The van der Waals surface area contributed by atoms with E-state index in [1.807, 2.05) is 47.4 Å². The van der Waals surface area contributed by atoms with Gasteiger partial charge in [-0.25, -0.2) is 8.42 Å². The maximum atomic E-state index is 12.0. The van der Waals surface area contributed by atoms with E-state index >= 15 is 0 Å². The van der Waals surface area contributed by atoms with Crippen LogP contribution in [0.2, 0.25) is 0 Å². The van der Waals surface area contributed by atoms with Crippen molar-refractivity contribution in [3.05, 3.63) is 65.7 Å². The van der Waals surface area contributed by atoms with Gasteiger partial charge in [0.1, 0.15) is 0 Å². The fraction of sp³-hybridized carbons (Fsp3) is 0.409. The average molecular weight is 417 g/mol. The zero-order valence-corrected chi connectivity index (χ0v) is 17.9. The number of nitrogens with zero attached hydrogens (tertiary/aromatic N) is 1. The number of unbranched alkanes of at least 4 members (excludes halogenated alkanes) is 1. The van der Waals surface area contributed by atoms with Gasteiger partial charge in [0, 0.05) is 18.3 Å². The summed E-state index contributed by atoms with van der Waals surface area (Å²) in [5.41, 5.74) is 3.37. The Morgan fingerprint density at radius 1 is 1.11 bits per heavy atom. The van der Waals surface area contributed by atoms with Crippen LogP contribution in [0, 0.1) is 0 Å². The molecule has 0 saturated carbocycles. The molecule has 0 bridgehead atoms. The van der Waals surface area contributed by atoms with Crippen LogP contribution in [0.15, 0.2) is 54.6 Å². The van der Waals surface area contributed by atoms with Crippen LogP contribution in [0.3, 0.4) is 0 Å². The molecule has 4 nitrogen and oxygen atoms in total. The van der Waals surface area contributed by atoms with Crippen molar-refractivity contribution in [2.24, 2.45) is 0 Å². The highest BCUT2D eigenvalue weighted by Crippen LogP contribution is 2.22. The maximum absolute atomic E-state index is 12.0. The number of rotatable bonds is 7. The maximum Gasteiger partial charge on any atom is 0.174 e. The van der Waals surface area contributed by atoms with Crippen molar-refractivity contribution in [3.8, 4) is 0 Å². The van der Waals surface area contributed by atoms with E-state index in [0.29, 0.717) is 18.1 Å². The molecule has 1 atom stereocenters. The number of hydrogen-bond acceptors (Lipinski definition) is 3. The largest absolute Gasteiger partial charge is 0.341 e. The fourth-order valence-corrected chi connectivity index (χ4v) is 5.56. The molecule has 0 aliphatic carbocycles. The quantitative estimate of drug-likeness (QED) is 0.677. The lowest BCUT2D eigenvalue weighted by molar-refractivity contribution is 0.332. The second kappa shape index (κ2) is 9.52. The van der Waals surface area contributed by atoms with Gasteiger partial charge in [-0.1, -0.05) is 55.8 Å². The zero-order chi connectivity index (χ0) is 20.0. The summed E-state index contributed by atoms with van der Waals surface area (Å²) in [6, 6.07) is 18.3. The van der Waals surface area contributed by atoms with Crippen molar-refractivity contribution in [2.75, 3.05) is 16.8 Å². The van der Waals surface area contributed by atoms with E-state index < -0.39 is 9.84 Å².